The lowest BCUT2D eigenvalue weighted by atomic mass is 10.1. The summed E-state index contributed by atoms with van der Waals surface area (Å²) >= 11 is 0. The Labute approximate surface area is 143 Å². The van der Waals surface area contributed by atoms with Crippen molar-refractivity contribution in [2.45, 2.75) is 64.0 Å². The van der Waals surface area contributed by atoms with E-state index in [4.69, 9.17) is 9.84 Å². The quantitative estimate of drug-likeness (QED) is 0.667. The average Bonchev–Trinajstić information content (AvgIpc) is 3.40. The highest BCUT2D eigenvalue weighted by Gasteiger charge is 2.37. The lowest BCUT2D eigenvalue weighted by Gasteiger charge is -2.26. The van der Waals surface area contributed by atoms with Gasteiger partial charge in [0.2, 0.25) is 5.91 Å². The average molecular weight is 333 g/mol. The first-order valence-corrected chi connectivity index (χ1v) is 8.70. The molecule has 1 aromatic carbocycles. The summed E-state index contributed by atoms with van der Waals surface area (Å²) in [5, 5.41) is 9.15. The van der Waals surface area contributed by atoms with Gasteiger partial charge >= 0.3 is 5.97 Å². The third-order valence-corrected chi connectivity index (χ3v) is 4.52. The van der Waals surface area contributed by atoms with E-state index >= 15 is 0 Å². The van der Waals surface area contributed by atoms with E-state index in [0.717, 1.165) is 44.3 Å². The molecule has 1 aliphatic carbocycles. The van der Waals surface area contributed by atoms with Crippen molar-refractivity contribution < 1.29 is 19.4 Å². The molecule has 0 spiro atoms. The van der Waals surface area contributed by atoms with Gasteiger partial charge in [0.25, 0.3) is 0 Å². The van der Waals surface area contributed by atoms with E-state index in [1.54, 1.807) is 18.9 Å². The molecule has 24 heavy (non-hydrogen) atoms. The first-order valence-electron chi connectivity index (χ1n) is 8.70. The Bertz CT molecular complexity index is 551. The number of nitrogens with zero attached hydrogens (tertiary/aromatic N) is 1. The number of amides is 1. The zero-order valence-corrected chi connectivity index (χ0v) is 14.5. The van der Waals surface area contributed by atoms with Gasteiger partial charge in [0.1, 0.15) is 11.8 Å². The van der Waals surface area contributed by atoms with Crippen LogP contribution in [0.3, 0.4) is 0 Å². The van der Waals surface area contributed by atoms with E-state index < -0.39 is 12.0 Å². The molecule has 1 amide bonds. The fourth-order valence-electron chi connectivity index (χ4n) is 2.91. The summed E-state index contributed by atoms with van der Waals surface area (Å²) in [5.41, 5.74) is 1.27. The first-order chi connectivity index (χ1) is 11.5. The van der Waals surface area contributed by atoms with Crippen LogP contribution in [0.2, 0.25) is 0 Å². The number of carboxylic acid groups (broad SMARTS) is 1. The van der Waals surface area contributed by atoms with Crippen LogP contribution in [-0.2, 0) is 16.0 Å². The van der Waals surface area contributed by atoms with Crippen molar-refractivity contribution in [2.24, 2.45) is 0 Å². The first kappa shape index (κ1) is 18.3. The zero-order valence-electron chi connectivity index (χ0n) is 14.5. The molecule has 0 saturated heterocycles. The summed E-state index contributed by atoms with van der Waals surface area (Å²) in [4.78, 5) is 25.1. The number of carbonyl (C=O) groups excluding carboxylic acids is 1. The molecule has 0 aromatic heterocycles. The predicted molar refractivity (Wildman–Crippen MR) is 92.1 cm³/mol. The third-order valence-electron chi connectivity index (χ3n) is 4.52. The van der Waals surface area contributed by atoms with Crippen LogP contribution in [0.25, 0.3) is 0 Å². The van der Waals surface area contributed by atoms with Crippen molar-refractivity contribution in [1.82, 2.24) is 4.90 Å². The predicted octanol–water partition coefficient (Wildman–Crippen LogP) is 3.26. The number of carboxylic acids is 1. The van der Waals surface area contributed by atoms with Gasteiger partial charge in [-0.3, -0.25) is 4.79 Å². The van der Waals surface area contributed by atoms with Gasteiger partial charge in [-0.05, 0) is 56.7 Å². The number of benzene rings is 1. The van der Waals surface area contributed by atoms with Gasteiger partial charge in [0.05, 0.1) is 7.11 Å². The molecule has 1 aliphatic rings. The van der Waals surface area contributed by atoms with Crippen LogP contribution in [0, 0.1) is 0 Å². The number of hydrogen-bond acceptors (Lipinski definition) is 3. The summed E-state index contributed by atoms with van der Waals surface area (Å²) < 4.78 is 5.14. The molecule has 5 nitrogen and oxygen atoms in total. The minimum Gasteiger partial charge on any atom is -0.497 e. The Morgan fingerprint density at radius 3 is 2.42 bits per heavy atom. The second-order valence-electron chi connectivity index (χ2n) is 6.46. The number of carbonyl (C=O) groups is 2. The number of aliphatic carboxylic acids is 1. The highest BCUT2D eigenvalue weighted by molar-refractivity contribution is 5.83. The number of methoxy groups -OCH3 is 1. The van der Waals surface area contributed by atoms with Gasteiger partial charge in [-0.1, -0.05) is 18.6 Å². The molecule has 1 N–H and O–H groups in total. The second kappa shape index (κ2) is 8.71. The molecule has 0 aliphatic heterocycles. The number of ether oxygens (including phenoxy) is 1. The molecule has 0 radical (unpaired) electrons. The molecule has 0 bridgehead atoms. The summed E-state index contributed by atoms with van der Waals surface area (Å²) in [7, 11) is 1.65. The van der Waals surface area contributed by atoms with E-state index in [2.05, 4.69) is 12.1 Å². The van der Waals surface area contributed by atoms with Gasteiger partial charge in [-0.15, -0.1) is 0 Å². The molecule has 0 heterocycles. The van der Waals surface area contributed by atoms with Crippen LogP contribution < -0.4 is 4.74 Å². The molecule has 2 rings (SSSR count). The Hall–Kier alpha value is -2.04. The third kappa shape index (κ3) is 5.25. The Morgan fingerprint density at radius 1 is 1.21 bits per heavy atom. The maximum Gasteiger partial charge on any atom is 0.326 e. The van der Waals surface area contributed by atoms with Crippen LogP contribution in [-0.4, -0.2) is 41.1 Å². The van der Waals surface area contributed by atoms with Gasteiger partial charge in [0, 0.05) is 12.5 Å². The van der Waals surface area contributed by atoms with E-state index in [-0.39, 0.29) is 11.9 Å². The van der Waals surface area contributed by atoms with Crippen molar-refractivity contribution in [1.29, 1.82) is 0 Å². The minimum atomic E-state index is -0.922. The molecule has 1 aromatic rings. The number of hydrogen-bond donors (Lipinski definition) is 1. The molecule has 1 unspecified atom stereocenters. The fourth-order valence-corrected chi connectivity index (χ4v) is 2.91. The highest BCUT2D eigenvalue weighted by atomic mass is 16.5. The summed E-state index contributed by atoms with van der Waals surface area (Å²) in [6.07, 6.45) is 6.09. The van der Waals surface area contributed by atoms with Crippen LogP contribution in [0.4, 0.5) is 0 Å². The summed E-state index contributed by atoms with van der Waals surface area (Å²) in [5.74, 6) is -0.0799. The van der Waals surface area contributed by atoms with E-state index in [0.29, 0.717) is 6.42 Å². The lowest BCUT2D eigenvalue weighted by molar-refractivity contribution is -0.150. The summed E-state index contributed by atoms with van der Waals surface area (Å²) in [6, 6.07) is 7.47. The van der Waals surface area contributed by atoms with Crippen LogP contribution in [0.5, 0.6) is 5.75 Å². The number of rotatable bonds is 10. The Morgan fingerprint density at radius 2 is 1.88 bits per heavy atom. The molecule has 1 fully saturated rings. The standard InChI is InChI=1S/C19H27NO4/c1-14(19(22)23)20(16-10-11-16)18(21)7-5-3-4-6-15-8-12-17(24-2)13-9-15/h8-9,12-14,16H,3-7,10-11H2,1-2H3,(H,22,23). The normalized spacial score (nSPS) is 14.9. The van der Waals surface area contributed by atoms with Crippen LogP contribution in [0.15, 0.2) is 24.3 Å². The Balaban J connectivity index is 1.68. The lowest BCUT2D eigenvalue weighted by Crippen LogP contribution is -2.44. The van der Waals surface area contributed by atoms with E-state index in [9.17, 15) is 9.59 Å². The monoisotopic (exact) mass is 333 g/mol. The van der Waals surface area contributed by atoms with Crippen molar-refractivity contribution in [3.05, 3.63) is 29.8 Å². The fraction of sp³-hybridized carbons (Fsp3) is 0.579. The van der Waals surface area contributed by atoms with Crippen molar-refractivity contribution in [2.75, 3.05) is 7.11 Å². The maximum atomic E-state index is 12.3. The number of unbranched alkanes of at least 4 members (excludes halogenated alkanes) is 2. The molecule has 5 heteroatoms. The minimum absolute atomic E-state index is 0.0168. The molecule has 1 saturated carbocycles. The SMILES string of the molecule is COc1ccc(CCCCCC(=O)N(C2CC2)C(C)C(=O)O)cc1. The van der Waals surface area contributed by atoms with Gasteiger partial charge in [-0.25, -0.2) is 4.79 Å². The number of aryl methyl sites for hydroxylation is 1. The Kier molecular flexibility index (Phi) is 6.64. The van der Waals surface area contributed by atoms with Gasteiger partial charge < -0.3 is 14.7 Å². The van der Waals surface area contributed by atoms with E-state index in [1.165, 1.54) is 5.56 Å². The second-order valence-corrected chi connectivity index (χ2v) is 6.46. The van der Waals surface area contributed by atoms with Crippen LogP contribution >= 0.6 is 0 Å². The van der Waals surface area contributed by atoms with Gasteiger partial charge in [0.15, 0.2) is 0 Å². The van der Waals surface area contributed by atoms with Crippen molar-refractivity contribution in [3.8, 4) is 5.75 Å². The maximum absolute atomic E-state index is 12.3. The molecular weight excluding hydrogens is 306 g/mol. The van der Waals surface area contributed by atoms with Crippen molar-refractivity contribution >= 4 is 11.9 Å². The summed E-state index contributed by atoms with van der Waals surface area (Å²) in [6.45, 7) is 1.60. The largest absolute Gasteiger partial charge is 0.497 e. The molecule has 1 atom stereocenters. The topological polar surface area (TPSA) is 66.8 Å². The zero-order chi connectivity index (χ0) is 17.5. The van der Waals surface area contributed by atoms with Gasteiger partial charge in [-0.2, -0.15) is 0 Å². The van der Waals surface area contributed by atoms with E-state index in [1.807, 2.05) is 12.1 Å². The smallest absolute Gasteiger partial charge is 0.326 e. The van der Waals surface area contributed by atoms with Crippen molar-refractivity contribution in [3.63, 3.8) is 0 Å². The molecular formula is C19H27NO4. The molecule has 132 valence electrons. The van der Waals surface area contributed by atoms with Crippen LogP contribution in [0.1, 0.15) is 51.0 Å². The highest BCUT2D eigenvalue weighted by Crippen LogP contribution is 2.29.